The average Bonchev–Trinajstić information content (AvgIpc) is 3.12. The van der Waals surface area contributed by atoms with Crippen LogP contribution in [0.4, 0.5) is 0 Å². The van der Waals surface area contributed by atoms with Gasteiger partial charge in [-0.3, -0.25) is 4.79 Å². The first-order valence-electron chi connectivity index (χ1n) is 8.21. The fourth-order valence-corrected chi connectivity index (χ4v) is 4.81. The summed E-state index contributed by atoms with van der Waals surface area (Å²) in [5.41, 5.74) is 1.26. The molecule has 0 unspecified atom stereocenters. The molecular formula is C17H15ClN4O4S. The summed E-state index contributed by atoms with van der Waals surface area (Å²) >= 11 is 6.14. The van der Waals surface area contributed by atoms with Crippen LogP contribution in [0.2, 0.25) is 5.02 Å². The summed E-state index contributed by atoms with van der Waals surface area (Å²) in [5, 5.41) is 7.89. The number of nitrogens with zero attached hydrogens (tertiary/aromatic N) is 4. The maximum Gasteiger partial charge on any atom is 0.280 e. The number of aromatic nitrogens is 3. The number of ether oxygens (including phenoxy) is 1. The van der Waals surface area contributed by atoms with Gasteiger partial charge in [-0.1, -0.05) is 28.9 Å². The molecular weight excluding hydrogens is 392 g/mol. The Morgan fingerprint density at radius 3 is 2.63 bits per heavy atom. The van der Waals surface area contributed by atoms with Crippen molar-refractivity contribution >= 4 is 38.6 Å². The molecule has 1 saturated heterocycles. The zero-order valence-electron chi connectivity index (χ0n) is 14.1. The van der Waals surface area contributed by atoms with Gasteiger partial charge in [0.2, 0.25) is 10.0 Å². The number of hydrogen-bond acceptors (Lipinski definition) is 6. The van der Waals surface area contributed by atoms with Crippen molar-refractivity contribution in [2.45, 2.75) is 4.90 Å². The molecule has 1 aliphatic heterocycles. The van der Waals surface area contributed by atoms with Crippen molar-refractivity contribution in [2.24, 2.45) is 0 Å². The van der Waals surface area contributed by atoms with Crippen LogP contribution in [0.3, 0.4) is 0 Å². The minimum absolute atomic E-state index is 0.0569. The van der Waals surface area contributed by atoms with Crippen LogP contribution in [0, 0.1) is 0 Å². The van der Waals surface area contributed by atoms with Gasteiger partial charge in [-0.15, -0.1) is 5.10 Å². The third-order valence-electron chi connectivity index (χ3n) is 4.31. The SMILES string of the molecule is O=C(c1ccc(Cl)c(S(=O)(=O)N2CCOCC2)c1)n1nnc2ccccc21. The summed E-state index contributed by atoms with van der Waals surface area (Å²) in [5.74, 6) is -0.487. The summed E-state index contributed by atoms with van der Waals surface area (Å²) < 4.78 is 33.5. The molecule has 2 heterocycles. The van der Waals surface area contributed by atoms with Crippen molar-refractivity contribution in [1.82, 2.24) is 19.3 Å². The number of carbonyl (C=O) groups is 1. The van der Waals surface area contributed by atoms with Gasteiger partial charge < -0.3 is 4.74 Å². The summed E-state index contributed by atoms with van der Waals surface area (Å²) in [7, 11) is -3.84. The molecule has 0 N–H and O–H groups in total. The van der Waals surface area contributed by atoms with Crippen molar-refractivity contribution < 1.29 is 17.9 Å². The fourth-order valence-electron chi connectivity index (χ4n) is 2.90. The number of morpholine rings is 1. The van der Waals surface area contributed by atoms with Gasteiger partial charge in [0.15, 0.2) is 0 Å². The Bertz CT molecular complexity index is 1120. The zero-order chi connectivity index (χ0) is 19.0. The number of fused-ring (bicyclic) bond motifs is 1. The Hall–Kier alpha value is -2.33. The highest BCUT2D eigenvalue weighted by atomic mass is 35.5. The van der Waals surface area contributed by atoms with Gasteiger partial charge in [0.25, 0.3) is 5.91 Å². The third kappa shape index (κ3) is 3.23. The van der Waals surface area contributed by atoms with E-state index in [1.165, 1.54) is 22.5 Å². The van der Waals surface area contributed by atoms with Crippen LogP contribution in [0.25, 0.3) is 11.0 Å². The standard InChI is InChI=1S/C17H15ClN4O4S/c18-13-6-5-12(11-16(13)27(24,25)21-7-9-26-10-8-21)17(23)22-15-4-2-1-3-14(15)19-20-22/h1-6,11H,7-10H2. The minimum Gasteiger partial charge on any atom is -0.379 e. The van der Waals surface area contributed by atoms with Crippen molar-refractivity contribution in [1.29, 1.82) is 0 Å². The molecule has 0 radical (unpaired) electrons. The van der Waals surface area contributed by atoms with Gasteiger partial charge in [-0.2, -0.15) is 8.99 Å². The van der Waals surface area contributed by atoms with Gasteiger partial charge in [0, 0.05) is 18.7 Å². The second-order valence-corrected chi connectivity index (χ2v) is 8.27. The highest BCUT2D eigenvalue weighted by molar-refractivity contribution is 7.89. The molecule has 1 aliphatic rings. The smallest absolute Gasteiger partial charge is 0.280 e. The lowest BCUT2D eigenvalue weighted by atomic mass is 10.2. The van der Waals surface area contributed by atoms with Crippen LogP contribution in [-0.4, -0.2) is 59.9 Å². The van der Waals surface area contributed by atoms with E-state index in [1.54, 1.807) is 24.3 Å². The number of carbonyl (C=O) groups excluding carboxylic acids is 1. The normalized spacial score (nSPS) is 15.9. The van der Waals surface area contributed by atoms with Gasteiger partial charge in [-0.25, -0.2) is 8.42 Å². The molecule has 0 bridgehead atoms. The van der Waals surface area contributed by atoms with Crippen LogP contribution in [-0.2, 0) is 14.8 Å². The summed E-state index contributed by atoms with van der Waals surface area (Å²) in [6.45, 7) is 1.12. The zero-order valence-corrected chi connectivity index (χ0v) is 15.7. The molecule has 27 heavy (non-hydrogen) atoms. The van der Waals surface area contributed by atoms with Crippen molar-refractivity contribution in [3.63, 3.8) is 0 Å². The van der Waals surface area contributed by atoms with Gasteiger partial charge >= 0.3 is 0 Å². The lowest BCUT2D eigenvalue weighted by Crippen LogP contribution is -2.40. The minimum atomic E-state index is -3.84. The monoisotopic (exact) mass is 406 g/mol. The lowest BCUT2D eigenvalue weighted by molar-refractivity contribution is 0.0730. The predicted octanol–water partition coefficient (Wildman–Crippen LogP) is 1.79. The fraction of sp³-hybridized carbons (Fsp3) is 0.235. The Morgan fingerprint density at radius 1 is 1.11 bits per heavy atom. The van der Waals surface area contributed by atoms with E-state index in [0.717, 1.165) is 4.68 Å². The van der Waals surface area contributed by atoms with Crippen LogP contribution >= 0.6 is 11.6 Å². The topological polar surface area (TPSA) is 94.4 Å². The molecule has 0 spiro atoms. The van der Waals surface area contributed by atoms with Crippen LogP contribution in [0.1, 0.15) is 10.4 Å². The maximum atomic E-state index is 12.9. The maximum absolute atomic E-state index is 12.9. The van der Waals surface area contributed by atoms with E-state index >= 15 is 0 Å². The van der Waals surface area contributed by atoms with Crippen LogP contribution in [0.15, 0.2) is 47.4 Å². The van der Waals surface area contributed by atoms with Gasteiger partial charge in [0.05, 0.1) is 23.8 Å². The second-order valence-electron chi connectivity index (χ2n) is 5.96. The first-order chi connectivity index (χ1) is 13.0. The van der Waals surface area contributed by atoms with Crippen molar-refractivity contribution in [3.8, 4) is 0 Å². The van der Waals surface area contributed by atoms with E-state index in [-0.39, 0.29) is 28.6 Å². The molecule has 2 aromatic carbocycles. The van der Waals surface area contributed by atoms with Gasteiger partial charge in [-0.05, 0) is 30.3 Å². The molecule has 8 nitrogen and oxygen atoms in total. The predicted molar refractivity (Wildman–Crippen MR) is 98.3 cm³/mol. The summed E-state index contributed by atoms with van der Waals surface area (Å²) in [6.07, 6.45) is 0. The average molecular weight is 407 g/mol. The lowest BCUT2D eigenvalue weighted by Gasteiger charge is -2.26. The number of benzene rings is 2. The Kier molecular flexibility index (Phi) is 4.68. The van der Waals surface area contributed by atoms with Gasteiger partial charge in [0.1, 0.15) is 10.4 Å². The first kappa shape index (κ1) is 18.1. The van der Waals surface area contributed by atoms with E-state index in [1.807, 2.05) is 0 Å². The number of para-hydroxylation sites is 1. The number of halogens is 1. The molecule has 10 heteroatoms. The number of sulfonamides is 1. The van der Waals surface area contributed by atoms with E-state index in [9.17, 15) is 13.2 Å². The quantitative estimate of drug-likeness (QED) is 0.658. The highest BCUT2D eigenvalue weighted by Gasteiger charge is 2.29. The molecule has 4 rings (SSSR count). The Morgan fingerprint density at radius 2 is 1.85 bits per heavy atom. The summed E-state index contributed by atoms with van der Waals surface area (Å²) in [4.78, 5) is 12.8. The molecule has 0 aliphatic carbocycles. The van der Waals surface area contributed by atoms with E-state index in [0.29, 0.717) is 24.2 Å². The molecule has 0 amide bonds. The molecule has 3 aromatic rings. The molecule has 0 saturated carbocycles. The highest BCUT2D eigenvalue weighted by Crippen LogP contribution is 2.27. The molecule has 1 fully saturated rings. The van der Waals surface area contributed by atoms with Crippen LogP contribution < -0.4 is 0 Å². The van der Waals surface area contributed by atoms with Crippen molar-refractivity contribution in [2.75, 3.05) is 26.3 Å². The van der Waals surface area contributed by atoms with E-state index in [2.05, 4.69) is 10.3 Å². The Balaban J connectivity index is 1.75. The molecule has 1 aromatic heterocycles. The second kappa shape index (κ2) is 7.01. The summed E-state index contributed by atoms with van der Waals surface area (Å²) in [6, 6.07) is 11.2. The van der Waals surface area contributed by atoms with Crippen molar-refractivity contribution in [3.05, 3.63) is 53.1 Å². The van der Waals surface area contributed by atoms with E-state index in [4.69, 9.17) is 16.3 Å². The molecule has 140 valence electrons. The number of hydrogen-bond donors (Lipinski definition) is 0. The molecule has 0 atom stereocenters. The van der Waals surface area contributed by atoms with Crippen LogP contribution in [0.5, 0.6) is 0 Å². The first-order valence-corrected chi connectivity index (χ1v) is 10.0. The Labute approximate surface area is 160 Å². The largest absolute Gasteiger partial charge is 0.379 e. The van der Waals surface area contributed by atoms with E-state index < -0.39 is 15.9 Å². The third-order valence-corrected chi connectivity index (χ3v) is 6.69. The number of rotatable bonds is 3.